The first-order valence-corrected chi connectivity index (χ1v) is 8.06. The van der Waals surface area contributed by atoms with E-state index in [1.165, 1.54) is 36.4 Å². The lowest BCUT2D eigenvalue weighted by Crippen LogP contribution is -2.16. The molecule has 28 heavy (non-hydrogen) atoms. The summed E-state index contributed by atoms with van der Waals surface area (Å²) in [4.78, 5) is 22.8. The number of para-hydroxylation sites is 1. The van der Waals surface area contributed by atoms with Crippen molar-refractivity contribution >= 4 is 28.9 Å². The van der Waals surface area contributed by atoms with Gasteiger partial charge in [-0.05, 0) is 36.4 Å². The van der Waals surface area contributed by atoms with Crippen molar-refractivity contribution in [1.29, 1.82) is 0 Å². The molecule has 0 saturated heterocycles. The van der Waals surface area contributed by atoms with Gasteiger partial charge in [-0.3, -0.25) is 14.9 Å². The Morgan fingerprint density at radius 1 is 1.11 bits per heavy atom. The second-order valence-corrected chi connectivity index (χ2v) is 6.02. The number of amides is 1. The summed E-state index contributed by atoms with van der Waals surface area (Å²) in [5, 5.41) is 13.1. The van der Waals surface area contributed by atoms with Crippen LogP contribution in [-0.2, 0) is 6.18 Å². The average molecular weight is 411 g/mol. The van der Waals surface area contributed by atoms with Crippen LogP contribution in [0.1, 0.15) is 16.1 Å². The summed E-state index contributed by atoms with van der Waals surface area (Å²) < 4.78 is 44.7. The second-order valence-electron chi connectivity index (χ2n) is 5.58. The molecule has 0 aliphatic heterocycles. The highest BCUT2D eigenvalue weighted by Crippen LogP contribution is 2.37. The first-order chi connectivity index (χ1) is 13.2. The maximum Gasteiger partial charge on any atom is 0.418 e. The molecule has 3 rings (SSSR count). The summed E-state index contributed by atoms with van der Waals surface area (Å²) in [5.41, 5.74) is -1.71. The topological polar surface area (TPSA) is 85.4 Å². The molecule has 1 N–H and O–H groups in total. The molecule has 0 saturated carbocycles. The molecular formula is C18H10ClF3N2O4. The number of nitro groups is 1. The van der Waals surface area contributed by atoms with Crippen LogP contribution < -0.4 is 5.32 Å². The van der Waals surface area contributed by atoms with Gasteiger partial charge in [-0.1, -0.05) is 23.7 Å². The highest BCUT2D eigenvalue weighted by molar-refractivity contribution is 6.30. The Labute approximate surface area is 160 Å². The Balaban J connectivity index is 1.90. The van der Waals surface area contributed by atoms with E-state index in [0.29, 0.717) is 6.07 Å². The fraction of sp³-hybridized carbons (Fsp3) is 0.0556. The van der Waals surface area contributed by atoms with Crippen LogP contribution in [0.2, 0.25) is 5.02 Å². The fourth-order valence-electron chi connectivity index (χ4n) is 2.49. The quantitative estimate of drug-likeness (QED) is 0.436. The maximum absolute atomic E-state index is 13.1. The zero-order chi connectivity index (χ0) is 20.5. The summed E-state index contributed by atoms with van der Waals surface area (Å²) >= 11 is 5.60. The van der Waals surface area contributed by atoms with E-state index in [4.69, 9.17) is 16.0 Å². The fourth-order valence-corrected chi connectivity index (χ4v) is 2.66. The number of carbonyl (C=O) groups is 1. The molecule has 3 aromatic rings. The molecular weight excluding hydrogens is 401 g/mol. The van der Waals surface area contributed by atoms with E-state index in [0.717, 1.165) is 6.07 Å². The largest absolute Gasteiger partial charge is 0.451 e. The van der Waals surface area contributed by atoms with Gasteiger partial charge in [0.2, 0.25) is 0 Å². The van der Waals surface area contributed by atoms with Crippen LogP contribution in [0.3, 0.4) is 0 Å². The van der Waals surface area contributed by atoms with Crippen LogP contribution >= 0.6 is 11.6 Å². The van der Waals surface area contributed by atoms with E-state index >= 15 is 0 Å². The molecule has 1 aromatic heterocycles. The third-order valence-electron chi connectivity index (χ3n) is 3.73. The molecule has 1 heterocycles. The smallest absolute Gasteiger partial charge is 0.418 e. The van der Waals surface area contributed by atoms with E-state index in [9.17, 15) is 28.1 Å². The Morgan fingerprint density at radius 3 is 2.50 bits per heavy atom. The Kier molecular flexibility index (Phi) is 5.10. The molecule has 0 unspecified atom stereocenters. The summed E-state index contributed by atoms with van der Waals surface area (Å²) in [6, 6.07) is 11.2. The Morgan fingerprint density at radius 2 is 1.82 bits per heavy atom. The van der Waals surface area contributed by atoms with E-state index in [-0.39, 0.29) is 27.8 Å². The molecule has 10 heteroatoms. The molecule has 0 bridgehead atoms. The number of nitrogens with zero attached hydrogens (tertiary/aromatic N) is 1. The summed E-state index contributed by atoms with van der Waals surface area (Å²) in [6.07, 6.45) is -4.73. The minimum Gasteiger partial charge on any atom is -0.451 e. The number of anilines is 1. The molecule has 0 aliphatic rings. The molecule has 0 fully saturated rings. The van der Waals surface area contributed by atoms with Gasteiger partial charge in [0.1, 0.15) is 5.76 Å². The van der Waals surface area contributed by atoms with E-state index in [1.807, 2.05) is 0 Å². The van der Waals surface area contributed by atoms with Crippen LogP contribution in [0.4, 0.5) is 24.5 Å². The molecule has 2 aromatic carbocycles. The van der Waals surface area contributed by atoms with Crippen molar-refractivity contribution in [3.05, 3.63) is 81.1 Å². The molecule has 1 amide bonds. The van der Waals surface area contributed by atoms with Crippen molar-refractivity contribution in [2.75, 3.05) is 5.32 Å². The molecule has 6 nitrogen and oxygen atoms in total. The van der Waals surface area contributed by atoms with Crippen LogP contribution in [0, 0.1) is 10.1 Å². The van der Waals surface area contributed by atoms with Crippen molar-refractivity contribution in [1.82, 2.24) is 0 Å². The van der Waals surface area contributed by atoms with E-state index < -0.39 is 28.3 Å². The standard InChI is InChI=1S/C18H10ClF3N2O4/c19-10-5-6-13(12(9-10)18(20,21)22)23-17(25)16-8-7-15(28-16)11-3-1-2-4-14(11)24(26)27/h1-9H,(H,23,25). The van der Waals surface area contributed by atoms with Crippen LogP contribution in [0.15, 0.2) is 59.0 Å². The number of rotatable bonds is 4. The van der Waals surface area contributed by atoms with E-state index in [1.54, 1.807) is 6.07 Å². The van der Waals surface area contributed by atoms with Gasteiger partial charge in [-0.15, -0.1) is 0 Å². The highest BCUT2D eigenvalue weighted by Gasteiger charge is 2.34. The molecule has 144 valence electrons. The lowest BCUT2D eigenvalue weighted by atomic mass is 10.1. The normalized spacial score (nSPS) is 11.3. The van der Waals surface area contributed by atoms with E-state index in [2.05, 4.69) is 5.32 Å². The molecule has 0 aliphatic carbocycles. The van der Waals surface area contributed by atoms with Gasteiger partial charge in [-0.25, -0.2) is 0 Å². The SMILES string of the molecule is O=C(Nc1ccc(Cl)cc1C(F)(F)F)c1ccc(-c2ccccc2[N+](=O)[O-])o1. The minimum atomic E-state index is -4.73. The van der Waals surface area contributed by atoms with Crippen molar-refractivity contribution < 1.29 is 27.3 Å². The van der Waals surface area contributed by atoms with Crippen LogP contribution in [0.5, 0.6) is 0 Å². The third kappa shape index (κ3) is 3.99. The Hall–Kier alpha value is -3.33. The number of benzene rings is 2. The zero-order valence-corrected chi connectivity index (χ0v) is 14.5. The molecule has 0 spiro atoms. The van der Waals surface area contributed by atoms with Gasteiger partial charge < -0.3 is 9.73 Å². The number of carbonyl (C=O) groups excluding carboxylic acids is 1. The number of hydrogen-bond donors (Lipinski definition) is 1. The minimum absolute atomic E-state index is 0.0320. The number of nitro benzene ring substituents is 1. The lowest BCUT2D eigenvalue weighted by molar-refractivity contribution is -0.384. The Bertz CT molecular complexity index is 1060. The van der Waals surface area contributed by atoms with Gasteiger partial charge in [0.05, 0.1) is 21.7 Å². The van der Waals surface area contributed by atoms with Gasteiger partial charge in [0.15, 0.2) is 5.76 Å². The van der Waals surface area contributed by atoms with Gasteiger partial charge in [0.25, 0.3) is 11.6 Å². The monoisotopic (exact) mass is 410 g/mol. The van der Waals surface area contributed by atoms with Gasteiger partial charge in [-0.2, -0.15) is 13.2 Å². The number of furan rings is 1. The summed E-state index contributed by atoms with van der Waals surface area (Å²) in [6.45, 7) is 0. The number of hydrogen-bond acceptors (Lipinski definition) is 4. The lowest BCUT2D eigenvalue weighted by Gasteiger charge is -2.13. The van der Waals surface area contributed by atoms with Crippen LogP contribution in [-0.4, -0.2) is 10.8 Å². The summed E-state index contributed by atoms with van der Waals surface area (Å²) in [5.74, 6) is -1.22. The highest BCUT2D eigenvalue weighted by atomic mass is 35.5. The molecule has 0 radical (unpaired) electrons. The number of nitrogens with one attached hydrogen (secondary N) is 1. The first-order valence-electron chi connectivity index (χ1n) is 7.68. The second kappa shape index (κ2) is 7.35. The van der Waals surface area contributed by atoms with Crippen molar-refractivity contribution in [2.24, 2.45) is 0 Å². The van der Waals surface area contributed by atoms with Crippen molar-refractivity contribution in [2.45, 2.75) is 6.18 Å². The summed E-state index contributed by atoms with van der Waals surface area (Å²) in [7, 11) is 0. The number of halogens is 4. The first kappa shape index (κ1) is 19.4. The average Bonchev–Trinajstić information content (AvgIpc) is 3.12. The maximum atomic E-state index is 13.1. The zero-order valence-electron chi connectivity index (χ0n) is 13.8. The number of alkyl halides is 3. The van der Waals surface area contributed by atoms with Gasteiger partial charge >= 0.3 is 6.18 Å². The van der Waals surface area contributed by atoms with Gasteiger partial charge in [0, 0.05) is 11.1 Å². The predicted molar refractivity (Wildman–Crippen MR) is 95.2 cm³/mol. The predicted octanol–water partition coefficient (Wildman–Crippen LogP) is 5.78. The van der Waals surface area contributed by atoms with Crippen LogP contribution in [0.25, 0.3) is 11.3 Å². The third-order valence-corrected chi connectivity index (χ3v) is 3.97. The molecule has 0 atom stereocenters. The van der Waals surface area contributed by atoms with Crippen molar-refractivity contribution in [3.8, 4) is 11.3 Å². The van der Waals surface area contributed by atoms with Crippen molar-refractivity contribution in [3.63, 3.8) is 0 Å².